The van der Waals surface area contributed by atoms with Gasteiger partial charge in [-0.2, -0.15) is 5.10 Å². The Hall–Kier alpha value is -4.08. The molecule has 0 unspecified atom stereocenters. The second-order valence-corrected chi connectivity index (χ2v) is 8.92. The summed E-state index contributed by atoms with van der Waals surface area (Å²) in [6.45, 7) is 1.09. The van der Waals surface area contributed by atoms with Gasteiger partial charge in [0.05, 0.1) is 11.2 Å². The number of nitrogens with zero attached hydrogens (tertiary/aromatic N) is 1. The second-order valence-electron chi connectivity index (χ2n) is 8.07. The molecule has 2 amide bonds. The van der Waals surface area contributed by atoms with Gasteiger partial charge in [0.1, 0.15) is 17.5 Å². The number of ether oxygens (including phenoxy) is 2. The zero-order chi connectivity index (χ0) is 27.5. The van der Waals surface area contributed by atoms with Crippen LogP contribution in [0.15, 0.2) is 77.9 Å². The first-order valence-electron chi connectivity index (χ1n) is 11.4. The maximum Gasteiger partial charge on any atom is 0.341 e. The number of carboxylic acid groups (broad SMARTS) is 1. The van der Waals surface area contributed by atoms with Gasteiger partial charge in [0, 0.05) is 11.4 Å². The number of benzene rings is 3. The normalized spacial score (nSPS) is 12.4. The topological polar surface area (TPSA) is 126 Å². The predicted molar refractivity (Wildman–Crippen MR) is 144 cm³/mol. The molecule has 0 heterocycles. The lowest BCUT2D eigenvalue weighted by molar-refractivity contribution is -0.139. The third kappa shape index (κ3) is 9.10. The van der Waals surface area contributed by atoms with E-state index in [4.69, 9.17) is 37.8 Å². The van der Waals surface area contributed by atoms with Crippen molar-refractivity contribution in [2.24, 2.45) is 5.10 Å². The lowest BCUT2D eigenvalue weighted by atomic mass is 10.1. The molecule has 0 saturated heterocycles. The SMILES string of the molecule is C[C@@H](Oc1ccc(Cl)cc1Cl)C(=O)N[C@@H](Cc1ccccc1)C(=O)N/N=C\c1ccc(OCC(=O)O)cc1. The van der Waals surface area contributed by atoms with E-state index in [-0.39, 0.29) is 17.2 Å². The van der Waals surface area contributed by atoms with Gasteiger partial charge in [-0.25, -0.2) is 10.2 Å². The Morgan fingerprint density at radius 2 is 1.71 bits per heavy atom. The van der Waals surface area contributed by atoms with Crippen LogP contribution in [0.25, 0.3) is 0 Å². The smallest absolute Gasteiger partial charge is 0.341 e. The van der Waals surface area contributed by atoms with E-state index in [1.165, 1.54) is 12.3 Å². The van der Waals surface area contributed by atoms with Crippen molar-refractivity contribution in [3.63, 3.8) is 0 Å². The predicted octanol–water partition coefficient (Wildman–Crippen LogP) is 4.10. The molecule has 198 valence electrons. The fraction of sp³-hybridized carbons (Fsp3) is 0.185. The van der Waals surface area contributed by atoms with Crippen LogP contribution in [0, 0.1) is 0 Å². The van der Waals surface area contributed by atoms with Gasteiger partial charge in [-0.3, -0.25) is 9.59 Å². The largest absolute Gasteiger partial charge is 0.482 e. The van der Waals surface area contributed by atoms with Crippen molar-refractivity contribution in [3.8, 4) is 11.5 Å². The maximum absolute atomic E-state index is 13.0. The minimum absolute atomic E-state index is 0.220. The molecule has 0 saturated carbocycles. The first kappa shape index (κ1) is 28.5. The molecule has 11 heteroatoms. The summed E-state index contributed by atoms with van der Waals surface area (Å²) in [5.41, 5.74) is 3.92. The molecule has 3 rings (SSSR count). The lowest BCUT2D eigenvalue weighted by Crippen LogP contribution is -2.50. The highest BCUT2D eigenvalue weighted by molar-refractivity contribution is 6.35. The first-order chi connectivity index (χ1) is 18.2. The molecule has 0 aliphatic rings. The van der Waals surface area contributed by atoms with Gasteiger partial charge in [0.2, 0.25) is 0 Å². The van der Waals surface area contributed by atoms with Crippen LogP contribution in [0.5, 0.6) is 11.5 Å². The van der Waals surface area contributed by atoms with E-state index >= 15 is 0 Å². The highest BCUT2D eigenvalue weighted by Crippen LogP contribution is 2.28. The standard InChI is InChI=1S/C27H25Cl2N3O6/c1-17(38-24-12-9-20(28)14-22(24)29)26(35)31-23(13-18-5-3-2-4-6-18)27(36)32-30-15-19-7-10-21(11-8-19)37-16-25(33)34/h2-12,14-15,17,23H,13,16H2,1H3,(H,31,35)(H,32,36)(H,33,34)/b30-15-/t17-,23+/m1/s1. The molecule has 9 nitrogen and oxygen atoms in total. The fourth-order valence-electron chi connectivity index (χ4n) is 3.21. The molecule has 2 atom stereocenters. The maximum atomic E-state index is 13.0. The number of aliphatic carboxylic acids is 1. The van der Waals surface area contributed by atoms with E-state index in [2.05, 4.69) is 15.8 Å². The molecule has 0 fully saturated rings. The van der Waals surface area contributed by atoms with Crippen LogP contribution in [0.4, 0.5) is 0 Å². The molecular formula is C27H25Cl2N3O6. The number of nitrogens with one attached hydrogen (secondary N) is 2. The van der Waals surface area contributed by atoms with Gasteiger partial charge < -0.3 is 19.9 Å². The van der Waals surface area contributed by atoms with Crippen molar-refractivity contribution in [2.45, 2.75) is 25.5 Å². The highest BCUT2D eigenvalue weighted by Gasteiger charge is 2.25. The summed E-state index contributed by atoms with van der Waals surface area (Å²) in [5.74, 6) is -1.46. The van der Waals surface area contributed by atoms with Crippen molar-refractivity contribution < 1.29 is 29.0 Å². The average molecular weight is 558 g/mol. The molecule has 3 aromatic carbocycles. The number of amides is 2. The number of hydrazone groups is 1. The van der Waals surface area contributed by atoms with Gasteiger partial charge in [0.25, 0.3) is 11.8 Å². The van der Waals surface area contributed by atoms with Crippen LogP contribution in [0.3, 0.4) is 0 Å². The summed E-state index contributed by atoms with van der Waals surface area (Å²) in [6.07, 6.45) is 0.678. The van der Waals surface area contributed by atoms with Crippen LogP contribution in [-0.4, -0.2) is 47.9 Å². The quantitative estimate of drug-likeness (QED) is 0.227. The number of carbonyl (C=O) groups excluding carboxylic acids is 2. The molecule has 3 aromatic rings. The molecule has 0 bridgehead atoms. The van der Waals surface area contributed by atoms with Gasteiger partial charge in [-0.1, -0.05) is 53.5 Å². The number of hydrogen-bond donors (Lipinski definition) is 3. The highest BCUT2D eigenvalue weighted by atomic mass is 35.5. The number of rotatable bonds is 12. The number of halogens is 2. The summed E-state index contributed by atoms with van der Waals surface area (Å²) in [6, 6.07) is 19.4. The van der Waals surface area contributed by atoms with E-state index < -0.39 is 36.5 Å². The van der Waals surface area contributed by atoms with Crippen molar-refractivity contribution in [1.29, 1.82) is 0 Å². The summed E-state index contributed by atoms with van der Waals surface area (Å²) < 4.78 is 10.7. The zero-order valence-corrected chi connectivity index (χ0v) is 21.8. The third-order valence-electron chi connectivity index (χ3n) is 5.11. The van der Waals surface area contributed by atoms with Crippen LogP contribution >= 0.6 is 23.2 Å². The zero-order valence-electron chi connectivity index (χ0n) is 20.3. The lowest BCUT2D eigenvalue weighted by Gasteiger charge is -2.21. The molecule has 0 aromatic heterocycles. The Balaban J connectivity index is 1.64. The van der Waals surface area contributed by atoms with Gasteiger partial charge in [0.15, 0.2) is 12.7 Å². The molecular weight excluding hydrogens is 533 g/mol. The number of carbonyl (C=O) groups is 3. The fourth-order valence-corrected chi connectivity index (χ4v) is 3.66. The minimum Gasteiger partial charge on any atom is -0.482 e. The van der Waals surface area contributed by atoms with Gasteiger partial charge in [-0.05, 0) is 60.5 Å². The molecule has 0 aliphatic carbocycles. The molecule has 0 radical (unpaired) electrons. The van der Waals surface area contributed by atoms with Crippen LogP contribution in [-0.2, 0) is 20.8 Å². The Morgan fingerprint density at radius 3 is 2.37 bits per heavy atom. The van der Waals surface area contributed by atoms with E-state index in [1.807, 2.05) is 30.3 Å². The molecule has 3 N–H and O–H groups in total. The van der Waals surface area contributed by atoms with Crippen LogP contribution in [0.2, 0.25) is 10.0 Å². The Bertz CT molecular complexity index is 1290. The van der Waals surface area contributed by atoms with Crippen LogP contribution in [0.1, 0.15) is 18.1 Å². The average Bonchev–Trinajstić information content (AvgIpc) is 2.89. The van der Waals surface area contributed by atoms with Crippen molar-refractivity contribution >= 4 is 47.2 Å². The molecule has 0 spiro atoms. The third-order valence-corrected chi connectivity index (χ3v) is 5.64. The number of hydrogen-bond acceptors (Lipinski definition) is 6. The van der Waals surface area contributed by atoms with E-state index in [0.717, 1.165) is 5.56 Å². The molecule has 38 heavy (non-hydrogen) atoms. The van der Waals surface area contributed by atoms with E-state index in [1.54, 1.807) is 43.3 Å². The van der Waals surface area contributed by atoms with Crippen LogP contribution < -0.4 is 20.2 Å². The summed E-state index contributed by atoms with van der Waals surface area (Å²) in [7, 11) is 0. The van der Waals surface area contributed by atoms with E-state index in [9.17, 15) is 14.4 Å². The van der Waals surface area contributed by atoms with Gasteiger partial charge in [-0.15, -0.1) is 0 Å². The Morgan fingerprint density at radius 1 is 1.00 bits per heavy atom. The summed E-state index contributed by atoms with van der Waals surface area (Å²) >= 11 is 12.0. The Labute approximate surface area is 229 Å². The summed E-state index contributed by atoms with van der Waals surface area (Å²) in [5, 5.41) is 16.1. The minimum atomic E-state index is -1.08. The Kier molecular flexibility index (Phi) is 10.5. The second kappa shape index (κ2) is 14.0. The van der Waals surface area contributed by atoms with Crippen molar-refractivity contribution in [2.75, 3.05) is 6.61 Å². The monoisotopic (exact) mass is 557 g/mol. The van der Waals surface area contributed by atoms with E-state index in [0.29, 0.717) is 16.3 Å². The van der Waals surface area contributed by atoms with Crippen molar-refractivity contribution in [1.82, 2.24) is 10.7 Å². The van der Waals surface area contributed by atoms with Crippen molar-refractivity contribution in [3.05, 3.63) is 94.0 Å². The summed E-state index contributed by atoms with van der Waals surface area (Å²) in [4.78, 5) is 36.4. The number of carboxylic acids is 1. The van der Waals surface area contributed by atoms with Gasteiger partial charge >= 0.3 is 5.97 Å². The molecule has 0 aliphatic heterocycles. The first-order valence-corrected chi connectivity index (χ1v) is 12.2.